The summed E-state index contributed by atoms with van der Waals surface area (Å²) < 4.78 is 12.3. The first-order chi connectivity index (χ1) is 7.68. The van der Waals surface area contributed by atoms with E-state index in [0.717, 1.165) is 10.6 Å². The van der Waals surface area contributed by atoms with Gasteiger partial charge in [0.25, 0.3) is 0 Å². The van der Waals surface area contributed by atoms with Gasteiger partial charge in [-0.2, -0.15) is 0 Å². The number of hydrogen-bond donors (Lipinski definition) is 0. The van der Waals surface area contributed by atoms with Gasteiger partial charge in [-0.15, -0.1) is 0 Å². The third-order valence-electron chi connectivity index (χ3n) is 2.81. The van der Waals surface area contributed by atoms with E-state index in [1.807, 2.05) is 48.5 Å². The maximum atomic E-state index is 12.3. The molecule has 0 bridgehead atoms. The molecule has 0 radical (unpaired) electrons. The SMILES string of the molecule is Cc1ccc([PH](=O)c2ccccc2)cc1C. The minimum atomic E-state index is -1.83. The molecule has 0 heterocycles. The van der Waals surface area contributed by atoms with Gasteiger partial charge in [-0.05, 0) is 31.0 Å². The molecular formula is C14H15OP. The Hall–Kier alpha value is -1.33. The van der Waals surface area contributed by atoms with E-state index in [-0.39, 0.29) is 0 Å². The Morgan fingerprint density at radius 1 is 0.812 bits per heavy atom. The molecule has 0 aliphatic rings. The first-order valence-electron chi connectivity index (χ1n) is 5.35. The van der Waals surface area contributed by atoms with Crippen LogP contribution in [0.1, 0.15) is 11.1 Å². The molecule has 0 fully saturated rings. The molecule has 0 aliphatic heterocycles. The third kappa shape index (κ3) is 2.25. The Morgan fingerprint density at radius 2 is 1.50 bits per heavy atom. The highest BCUT2D eigenvalue weighted by Crippen LogP contribution is 2.20. The first-order valence-corrected chi connectivity index (χ1v) is 6.76. The highest BCUT2D eigenvalue weighted by atomic mass is 31.1. The molecule has 1 atom stereocenters. The van der Waals surface area contributed by atoms with Crippen molar-refractivity contribution in [3.63, 3.8) is 0 Å². The lowest BCUT2D eigenvalue weighted by atomic mass is 10.1. The maximum Gasteiger partial charge on any atom is 0.131 e. The fourth-order valence-corrected chi connectivity index (χ4v) is 3.05. The van der Waals surface area contributed by atoms with Crippen molar-refractivity contribution in [1.82, 2.24) is 0 Å². The van der Waals surface area contributed by atoms with Crippen LogP contribution in [0, 0.1) is 13.8 Å². The summed E-state index contributed by atoms with van der Waals surface area (Å²) in [6, 6.07) is 15.7. The molecule has 2 aromatic rings. The van der Waals surface area contributed by atoms with E-state index in [1.54, 1.807) is 0 Å². The van der Waals surface area contributed by atoms with Gasteiger partial charge < -0.3 is 4.57 Å². The second-order valence-corrected chi connectivity index (χ2v) is 5.81. The van der Waals surface area contributed by atoms with Gasteiger partial charge in [0.2, 0.25) is 0 Å². The summed E-state index contributed by atoms with van der Waals surface area (Å²) in [7, 11) is -1.83. The van der Waals surface area contributed by atoms with Crippen LogP contribution < -0.4 is 10.6 Å². The Bertz CT molecular complexity index is 518. The molecular weight excluding hydrogens is 215 g/mol. The van der Waals surface area contributed by atoms with E-state index in [9.17, 15) is 4.57 Å². The van der Waals surface area contributed by atoms with E-state index in [1.165, 1.54) is 11.1 Å². The molecule has 1 nitrogen and oxygen atoms in total. The van der Waals surface area contributed by atoms with Gasteiger partial charge in [-0.1, -0.05) is 42.5 Å². The van der Waals surface area contributed by atoms with Crippen LogP contribution in [-0.4, -0.2) is 0 Å². The molecule has 0 aromatic heterocycles. The lowest BCUT2D eigenvalue weighted by Crippen LogP contribution is -2.06. The minimum Gasteiger partial charge on any atom is -0.317 e. The van der Waals surface area contributed by atoms with Crippen LogP contribution in [0.2, 0.25) is 0 Å². The fraction of sp³-hybridized carbons (Fsp3) is 0.143. The minimum absolute atomic E-state index is 0.927. The van der Waals surface area contributed by atoms with Crippen molar-refractivity contribution in [1.29, 1.82) is 0 Å². The molecule has 2 heteroatoms. The lowest BCUT2D eigenvalue weighted by Gasteiger charge is -2.05. The van der Waals surface area contributed by atoms with Crippen molar-refractivity contribution in [3.05, 3.63) is 59.7 Å². The molecule has 82 valence electrons. The normalized spacial score (nSPS) is 12.4. The van der Waals surface area contributed by atoms with E-state index in [0.29, 0.717) is 0 Å². The lowest BCUT2D eigenvalue weighted by molar-refractivity contribution is 0.598. The largest absolute Gasteiger partial charge is 0.317 e. The smallest absolute Gasteiger partial charge is 0.131 e. The van der Waals surface area contributed by atoms with Gasteiger partial charge >= 0.3 is 0 Å². The molecule has 0 spiro atoms. The molecule has 2 aromatic carbocycles. The average molecular weight is 230 g/mol. The van der Waals surface area contributed by atoms with Crippen LogP contribution in [0.25, 0.3) is 0 Å². The topological polar surface area (TPSA) is 17.1 Å². The highest BCUT2D eigenvalue weighted by Gasteiger charge is 2.06. The van der Waals surface area contributed by atoms with Crippen LogP contribution >= 0.6 is 7.80 Å². The standard InChI is InChI=1S/C14H15OP/c1-11-8-9-14(10-12(11)2)16(15)13-6-4-3-5-7-13/h3-10,16H,1-2H3. The van der Waals surface area contributed by atoms with Crippen molar-refractivity contribution in [2.45, 2.75) is 13.8 Å². The Labute approximate surface area is 96.9 Å². The second kappa shape index (κ2) is 4.67. The summed E-state index contributed by atoms with van der Waals surface area (Å²) in [5, 5.41) is 1.87. The molecule has 0 amide bonds. The summed E-state index contributed by atoms with van der Waals surface area (Å²) in [6.45, 7) is 4.12. The number of aryl methyl sites for hydroxylation is 2. The van der Waals surface area contributed by atoms with Gasteiger partial charge in [0.05, 0.1) is 0 Å². The molecule has 16 heavy (non-hydrogen) atoms. The summed E-state index contributed by atoms with van der Waals surface area (Å²) in [5.74, 6) is 0. The second-order valence-electron chi connectivity index (χ2n) is 3.99. The molecule has 0 saturated carbocycles. The summed E-state index contributed by atoms with van der Waals surface area (Å²) in [4.78, 5) is 0. The van der Waals surface area contributed by atoms with Crippen LogP contribution in [0.5, 0.6) is 0 Å². The molecule has 0 aliphatic carbocycles. The van der Waals surface area contributed by atoms with Crippen molar-refractivity contribution in [3.8, 4) is 0 Å². The van der Waals surface area contributed by atoms with Crippen LogP contribution in [0.3, 0.4) is 0 Å². The zero-order valence-corrected chi connectivity index (χ0v) is 10.5. The third-order valence-corrected chi connectivity index (χ3v) is 4.50. The summed E-state index contributed by atoms with van der Waals surface area (Å²) in [6.07, 6.45) is 0. The van der Waals surface area contributed by atoms with Crippen LogP contribution in [-0.2, 0) is 4.57 Å². The summed E-state index contributed by atoms with van der Waals surface area (Å²) in [5.41, 5.74) is 2.44. The zero-order chi connectivity index (χ0) is 11.5. The monoisotopic (exact) mass is 230 g/mol. The molecule has 1 unspecified atom stereocenters. The van der Waals surface area contributed by atoms with Gasteiger partial charge in [0.1, 0.15) is 7.80 Å². The summed E-state index contributed by atoms with van der Waals surface area (Å²) >= 11 is 0. The molecule has 2 rings (SSSR count). The van der Waals surface area contributed by atoms with E-state index < -0.39 is 7.80 Å². The van der Waals surface area contributed by atoms with E-state index in [2.05, 4.69) is 13.8 Å². The number of benzene rings is 2. The number of rotatable bonds is 2. The quantitative estimate of drug-likeness (QED) is 0.725. The van der Waals surface area contributed by atoms with Crippen molar-refractivity contribution in [2.75, 3.05) is 0 Å². The van der Waals surface area contributed by atoms with Gasteiger partial charge in [-0.3, -0.25) is 0 Å². The average Bonchev–Trinajstić information content (AvgIpc) is 2.33. The Morgan fingerprint density at radius 3 is 2.12 bits per heavy atom. The number of hydrogen-bond acceptors (Lipinski definition) is 1. The fourth-order valence-electron chi connectivity index (χ4n) is 1.64. The van der Waals surface area contributed by atoms with Crippen molar-refractivity contribution in [2.24, 2.45) is 0 Å². The van der Waals surface area contributed by atoms with Crippen LogP contribution in [0.15, 0.2) is 48.5 Å². The van der Waals surface area contributed by atoms with Gasteiger partial charge in [0.15, 0.2) is 0 Å². The van der Waals surface area contributed by atoms with Gasteiger partial charge in [0, 0.05) is 10.6 Å². The predicted octanol–water partition coefficient (Wildman–Crippen LogP) is 2.81. The van der Waals surface area contributed by atoms with E-state index in [4.69, 9.17) is 0 Å². The van der Waals surface area contributed by atoms with Crippen molar-refractivity contribution < 1.29 is 4.57 Å². The molecule has 0 saturated heterocycles. The van der Waals surface area contributed by atoms with E-state index >= 15 is 0 Å². The zero-order valence-electron chi connectivity index (χ0n) is 9.53. The first kappa shape index (κ1) is 11.2. The Kier molecular flexibility index (Phi) is 3.26. The maximum absolute atomic E-state index is 12.3. The van der Waals surface area contributed by atoms with Gasteiger partial charge in [-0.25, -0.2) is 0 Å². The van der Waals surface area contributed by atoms with Crippen LogP contribution in [0.4, 0.5) is 0 Å². The highest BCUT2D eigenvalue weighted by molar-refractivity contribution is 7.61. The predicted molar refractivity (Wildman–Crippen MR) is 70.6 cm³/mol. The molecule has 0 N–H and O–H groups in total. The Balaban J connectivity index is 2.39. The van der Waals surface area contributed by atoms with Crippen molar-refractivity contribution >= 4 is 18.4 Å².